The lowest BCUT2D eigenvalue weighted by molar-refractivity contribution is 0.187. The number of hydrogen-bond donors (Lipinski definition) is 1. The van der Waals surface area contributed by atoms with E-state index < -0.39 is 0 Å². The largest absolute Gasteiger partial charge is 0.420 e. The predicted molar refractivity (Wildman–Crippen MR) is 101 cm³/mol. The van der Waals surface area contributed by atoms with E-state index in [0.717, 1.165) is 35.5 Å². The van der Waals surface area contributed by atoms with Crippen molar-refractivity contribution in [2.45, 2.75) is 25.7 Å². The molecule has 0 saturated carbocycles. The van der Waals surface area contributed by atoms with Gasteiger partial charge in [0.05, 0.1) is 10.8 Å². The molecule has 1 unspecified atom stereocenters. The molecule has 26 heavy (non-hydrogen) atoms. The highest BCUT2D eigenvalue weighted by atomic mass is 32.1. The van der Waals surface area contributed by atoms with Crippen molar-refractivity contribution in [1.82, 2.24) is 15.1 Å². The standard InChI is InChI=1S/C19H20N4O2S/c1-13-5-2-7-15(11-13)20-19(24)23-9-3-6-14(12-23)17-21-22-18(25-17)16-8-4-10-26-16/h2,4-5,7-8,10-11,14H,3,6,9,12H2,1H3,(H,20,24). The van der Waals surface area contributed by atoms with E-state index in [9.17, 15) is 4.79 Å². The minimum Gasteiger partial charge on any atom is -0.420 e. The number of amides is 2. The molecule has 134 valence electrons. The summed E-state index contributed by atoms with van der Waals surface area (Å²) in [6, 6.07) is 11.6. The number of thiophene rings is 1. The van der Waals surface area contributed by atoms with Crippen LogP contribution in [0, 0.1) is 6.92 Å². The fourth-order valence-corrected chi connectivity index (χ4v) is 3.83. The van der Waals surface area contributed by atoms with Crippen LogP contribution in [-0.4, -0.2) is 34.2 Å². The van der Waals surface area contributed by atoms with Crippen LogP contribution in [0.15, 0.2) is 46.2 Å². The molecule has 1 fully saturated rings. The second kappa shape index (κ2) is 7.29. The van der Waals surface area contributed by atoms with Crippen molar-refractivity contribution in [1.29, 1.82) is 0 Å². The summed E-state index contributed by atoms with van der Waals surface area (Å²) in [5.74, 6) is 1.24. The van der Waals surface area contributed by atoms with Crippen molar-refractivity contribution < 1.29 is 9.21 Å². The zero-order valence-electron chi connectivity index (χ0n) is 14.5. The smallest absolute Gasteiger partial charge is 0.321 e. The highest BCUT2D eigenvalue weighted by Crippen LogP contribution is 2.30. The van der Waals surface area contributed by atoms with Gasteiger partial charge in [0.15, 0.2) is 0 Å². The third kappa shape index (κ3) is 3.62. The van der Waals surface area contributed by atoms with E-state index in [4.69, 9.17) is 4.42 Å². The van der Waals surface area contributed by atoms with Crippen LogP contribution in [-0.2, 0) is 0 Å². The molecule has 1 N–H and O–H groups in total. The van der Waals surface area contributed by atoms with Gasteiger partial charge < -0.3 is 14.6 Å². The number of rotatable bonds is 3. The number of anilines is 1. The zero-order valence-corrected chi connectivity index (χ0v) is 15.3. The van der Waals surface area contributed by atoms with E-state index in [2.05, 4.69) is 15.5 Å². The molecule has 0 bridgehead atoms. The summed E-state index contributed by atoms with van der Waals surface area (Å²) < 4.78 is 5.86. The van der Waals surface area contributed by atoms with Crippen LogP contribution in [0.4, 0.5) is 10.5 Å². The first-order valence-corrected chi connectivity index (χ1v) is 9.57. The van der Waals surface area contributed by atoms with Crippen LogP contribution < -0.4 is 5.32 Å². The van der Waals surface area contributed by atoms with Crippen LogP contribution in [0.3, 0.4) is 0 Å². The Labute approximate surface area is 155 Å². The molecule has 0 aliphatic carbocycles. The predicted octanol–water partition coefficient (Wildman–Crippen LogP) is 4.52. The molecule has 6 nitrogen and oxygen atoms in total. The number of aryl methyl sites for hydroxylation is 1. The topological polar surface area (TPSA) is 71.3 Å². The SMILES string of the molecule is Cc1cccc(NC(=O)N2CCCC(c3nnc(-c4cccs4)o3)C2)c1. The number of piperidine rings is 1. The van der Waals surface area contributed by atoms with Gasteiger partial charge >= 0.3 is 6.03 Å². The van der Waals surface area contributed by atoms with Gasteiger partial charge in [-0.1, -0.05) is 18.2 Å². The van der Waals surface area contributed by atoms with Crippen molar-refractivity contribution >= 4 is 23.1 Å². The molecule has 1 saturated heterocycles. The van der Waals surface area contributed by atoms with E-state index >= 15 is 0 Å². The van der Waals surface area contributed by atoms with Gasteiger partial charge in [0.1, 0.15) is 0 Å². The summed E-state index contributed by atoms with van der Waals surface area (Å²) in [4.78, 5) is 15.4. The van der Waals surface area contributed by atoms with Gasteiger partial charge in [-0.3, -0.25) is 0 Å². The summed E-state index contributed by atoms with van der Waals surface area (Å²) in [6.45, 7) is 3.33. The second-order valence-electron chi connectivity index (χ2n) is 6.51. The van der Waals surface area contributed by atoms with Gasteiger partial charge in [0, 0.05) is 18.8 Å². The number of likely N-dealkylation sites (tertiary alicyclic amines) is 1. The molecule has 1 aromatic carbocycles. The molecular formula is C19H20N4O2S. The van der Waals surface area contributed by atoms with Crippen molar-refractivity contribution in [3.05, 3.63) is 53.2 Å². The molecule has 2 aromatic heterocycles. The Morgan fingerprint density at radius 3 is 3.04 bits per heavy atom. The molecule has 2 amide bonds. The van der Waals surface area contributed by atoms with Crippen LogP contribution in [0.25, 0.3) is 10.8 Å². The number of carbonyl (C=O) groups excluding carboxylic acids is 1. The minimum atomic E-state index is -0.0849. The van der Waals surface area contributed by atoms with Gasteiger partial charge in [-0.2, -0.15) is 0 Å². The van der Waals surface area contributed by atoms with E-state index in [0.29, 0.717) is 18.3 Å². The van der Waals surface area contributed by atoms with Gasteiger partial charge in [0.2, 0.25) is 5.89 Å². The molecule has 0 spiro atoms. The molecule has 1 atom stereocenters. The Morgan fingerprint density at radius 2 is 2.23 bits per heavy atom. The number of nitrogens with one attached hydrogen (secondary N) is 1. The molecule has 3 heterocycles. The first-order chi connectivity index (χ1) is 12.7. The molecule has 1 aliphatic heterocycles. The third-order valence-electron chi connectivity index (χ3n) is 4.50. The molecular weight excluding hydrogens is 348 g/mol. The average molecular weight is 368 g/mol. The number of carbonyl (C=O) groups is 1. The first kappa shape index (κ1) is 16.8. The number of benzene rings is 1. The summed E-state index contributed by atoms with van der Waals surface area (Å²) in [7, 11) is 0. The fourth-order valence-electron chi connectivity index (χ4n) is 3.19. The lowest BCUT2D eigenvalue weighted by Gasteiger charge is -2.31. The number of urea groups is 1. The molecule has 7 heteroatoms. The maximum Gasteiger partial charge on any atom is 0.321 e. The summed E-state index contributed by atoms with van der Waals surface area (Å²) in [5.41, 5.74) is 1.93. The van der Waals surface area contributed by atoms with Crippen LogP contribution in [0.2, 0.25) is 0 Å². The maximum atomic E-state index is 12.6. The third-order valence-corrected chi connectivity index (χ3v) is 5.36. The van der Waals surface area contributed by atoms with E-state index in [1.807, 2.05) is 53.6 Å². The van der Waals surface area contributed by atoms with Crippen LogP contribution >= 0.6 is 11.3 Å². The molecule has 1 aliphatic rings. The summed E-state index contributed by atoms with van der Waals surface area (Å²) >= 11 is 1.57. The number of hydrogen-bond acceptors (Lipinski definition) is 5. The quantitative estimate of drug-likeness (QED) is 0.738. The monoisotopic (exact) mass is 368 g/mol. The van der Waals surface area contributed by atoms with Gasteiger partial charge in [-0.05, 0) is 48.9 Å². The number of nitrogens with zero attached hydrogens (tertiary/aromatic N) is 3. The van der Waals surface area contributed by atoms with E-state index in [1.165, 1.54) is 0 Å². The van der Waals surface area contributed by atoms with Gasteiger partial charge in [-0.15, -0.1) is 21.5 Å². The molecule has 0 radical (unpaired) electrons. The first-order valence-electron chi connectivity index (χ1n) is 8.69. The highest BCUT2D eigenvalue weighted by Gasteiger charge is 2.28. The van der Waals surface area contributed by atoms with Crippen molar-refractivity contribution in [3.8, 4) is 10.8 Å². The van der Waals surface area contributed by atoms with Crippen molar-refractivity contribution in [2.24, 2.45) is 0 Å². The average Bonchev–Trinajstić information content (AvgIpc) is 3.33. The normalized spacial score (nSPS) is 17.3. The van der Waals surface area contributed by atoms with E-state index in [-0.39, 0.29) is 11.9 Å². The number of aromatic nitrogens is 2. The van der Waals surface area contributed by atoms with Crippen molar-refractivity contribution in [2.75, 3.05) is 18.4 Å². The van der Waals surface area contributed by atoms with Gasteiger partial charge in [-0.25, -0.2) is 4.79 Å². The maximum absolute atomic E-state index is 12.6. The van der Waals surface area contributed by atoms with Crippen molar-refractivity contribution in [3.63, 3.8) is 0 Å². The Balaban J connectivity index is 1.43. The molecule has 4 rings (SSSR count). The summed E-state index contributed by atoms with van der Waals surface area (Å²) in [5, 5.41) is 13.3. The van der Waals surface area contributed by atoms with E-state index in [1.54, 1.807) is 11.3 Å². The minimum absolute atomic E-state index is 0.0771. The zero-order chi connectivity index (χ0) is 17.9. The molecule has 3 aromatic rings. The highest BCUT2D eigenvalue weighted by molar-refractivity contribution is 7.13. The van der Waals surface area contributed by atoms with Crippen LogP contribution in [0.1, 0.15) is 30.2 Å². The summed E-state index contributed by atoms with van der Waals surface area (Å²) in [6.07, 6.45) is 1.86. The Kier molecular flexibility index (Phi) is 4.71. The Morgan fingerprint density at radius 1 is 1.31 bits per heavy atom. The fraction of sp³-hybridized carbons (Fsp3) is 0.316. The van der Waals surface area contributed by atoms with Crippen LogP contribution in [0.5, 0.6) is 0 Å². The second-order valence-corrected chi connectivity index (χ2v) is 7.46. The Hall–Kier alpha value is -2.67. The lowest BCUT2D eigenvalue weighted by atomic mass is 9.98. The van der Waals surface area contributed by atoms with Gasteiger partial charge in [0.25, 0.3) is 5.89 Å². The lowest BCUT2D eigenvalue weighted by Crippen LogP contribution is -2.41. The Bertz CT molecular complexity index is 891.